The van der Waals surface area contributed by atoms with Gasteiger partial charge in [0.05, 0.1) is 18.2 Å². The maximum atomic E-state index is 13.2. The maximum absolute atomic E-state index is 13.2. The summed E-state index contributed by atoms with van der Waals surface area (Å²) in [5, 5.41) is 5.94. The number of aryl methyl sites for hydroxylation is 2. The molecule has 190 valence electrons. The van der Waals surface area contributed by atoms with E-state index >= 15 is 0 Å². The van der Waals surface area contributed by atoms with E-state index in [4.69, 9.17) is 9.84 Å². The Morgan fingerprint density at radius 3 is 2.69 bits per heavy atom. The highest BCUT2D eigenvalue weighted by Crippen LogP contribution is 2.33. The molecule has 2 amide bonds. The molecule has 4 heterocycles. The third-order valence-electron chi connectivity index (χ3n) is 7.21. The predicted molar refractivity (Wildman–Crippen MR) is 136 cm³/mol. The fourth-order valence-electron chi connectivity index (χ4n) is 5.37. The molecule has 9 nitrogen and oxygen atoms in total. The molecule has 3 aromatic rings. The van der Waals surface area contributed by atoms with Crippen LogP contribution >= 0.6 is 0 Å². The molecular weight excluding hydrogens is 458 g/mol. The first-order valence-corrected chi connectivity index (χ1v) is 12.8. The fraction of sp³-hybridized carbons (Fsp3) is 0.481. The van der Waals surface area contributed by atoms with Gasteiger partial charge in [-0.05, 0) is 32.3 Å². The van der Waals surface area contributed by atoms with Gasteiger partial charge in [0.15, 0.2) is 0 Å². The Kier molecular flexibility index (Phi) is 6.80. The monoisotopic (exact) mass is 491 g/mol. The van der Waals surface area contributed by atoms with Gasteiger partial charge in [0, 0.05) is 74.8 Å². The normalized spacial score (nSPS) is 17.8. The number of rotatable bonds is 6. The molecule has 2 aromatic heterocycles. The summed E-state index contributed by atoms with van der Waals surface area (Å²) in [5.74, 6) is 0.103. The van der Waals surface area contributed by atoms with Crippen LogP contribution in [0.5, 0.6) is 0 Å². The van der Waals surface area contributed by atoms with E-state index in [0.717, 1.165) is 53.8 Å². The molecule has 5 rings (SSSR count). The highest BCUT2D eigenvalue weighted by atomic mass is 16.5. The number of aromatic nitrogens is 3. The van der Waals surface area contributed by atoms with Crippen LogP contribution in [-0.4, -0.2) is 63.3 Å². The molecule has 1 saturated heterocycles. The van der Waals surface area contributed by atoms with E-state index in [9.17, 15) is 14.4 Å². The molecule has 1 unspecified atom stereocenters. The van der Waals surface area contributed by atoms with Crippen molar-refractivity contribution in [3.8, 4) is 11.3 Å². The highest BCUT2D eigenvalue weighted by molar-refractivity contribution is 5.98. The first kappa shape index (κ1) is 24.1. The van der Waals surface area contributed by atoms with Crippen LogP contribution in [0.25, 0.3) is 22.2 Å². The van der Waals surface area contributed by atoms with Gasteiger partial charge in [0.1, 0.15) is 5.82 Å². The zero-order valence-corrected chi connectivity index (χ0v) is 21.0. The molecule has 0 saturated carbocycles. The lowest BCUT2D eigenvalue weighted by atomic mass is 9.98. The molecular formula is C27H33N5O4. The van der Waals surface area contributed by atoms with Crippen LogP contribution in [0.3, 0.4) is 0 Å². The van der Waals surface area contributed by atoms with E-state index in [-0.39, 0.29) is 36.5 Å². The molecule has 36 heavy (non-hydrogen) atoms. The van der Waals surface area contributed by atoms with Crippen LogP contribution in [0.2, 0.25) is 0 Å². The Bertz CT molecular complexity index is 1290. The number of carbonyl (C=O) groups is 3. The highest BCUT2D eigenvalue weighted by Gasteiger charge is 2.30. The molecule has 2 aliphatic heterocycles. The minimum absolute atomic E-state index is 0.0763. The maximum Gasteiger partial charge on any atom is 0.310 e. The van der Waals surface area contributed by atoms with E-state index in [2.05, 4.69) is 22.9 Å². The van der Waals surface area contributed by atoms with E-state index in [0.29, 0.717) is 26.2 Å². The molecule has 1 atom stereocenters. The summed E-state index contributed by atoms with van der Waals surface area (Å²) < 4.78 is 9.12. The van der Waals surface area contributed by atoms with Gasteiger partial charge in [-0.25, -0.2) is 4.68 Å². The number of hydrogen-bond donors (Lipinski definition) is 0. The van der Waals surface area contributed by atoms with Gasteiger partial charge in [0.2, 0.25) is 11.8 Å². The summed E-state index contributed by atoms with van der Waals surface area (Å²) in [4.78, 5) is 41.6. The molecule has 1 aromatic carbocycles. The SMILES string of the molecule is CCOC(=O)C1CCCN(C(=O)CCC(=O)N2CCCn3nc(-c4cn(C)c5ccccc45)cc32)C1. The summed E-state index contributed by atoms with van der Waals surface area (Å²) in [7, 11) is 2.02. The number of ether oxygens (including phenoxy) is 1. The zero-order chi connectivity index (χ0) is 25.2. The van der Waals surface area contributed by atoms with Gasteiger partial charge in [-0.1, -0.05) is 18.2 Å². The van der Waals surface area contributed by atoms with Crippen LogP contribution < -0.4 is 4.90 Å². The number of carbonyl (C=O) groups excluding carboxylic acids is 3. The Labute approximate surface area is 210 Å². The molecule has 0 N–H and O–H groups in total. The Morgan fingerprint density at radius 2 is 1.86 bits per heavy atom. The van der Waals surface area contributed by atoms with E-state index in [1.807, 2.05) is 29.9 Å². The quantitative estimate of drug-likeness (QED) is 0.494. The topological polar surface area (TPSA) is 89.7 Å². The van der Waals surface area contributed by atoms with Crippen molar-refractivity contribution in [2.75, 3.05) is 31.1 Å². The van der Waals surface area contributed by atoms with Crippen LogP contribution in [0.1, 0.15) is 39.0 Å². The number of para-hydroxylation sites is 1. The van der Waals surface area contributed by atoms with Gasteiger partial charge in [0.25, 0.3) is 0 Å². The number of piperidine rings is 1. The van der Waals surface area contributed by atoms with E-state index in [1.54, 1.807) is 16.7 Å². The Balaban J connectivity index is 1.26. The largest absolute Gasteiger partial charge is 0.466 e. The lowest BCUT2D eigenvalue weighted by Crippen LogP contribution is -2.43. The zero-order valence-electron chi connectivity index (χ0n) is 21.0. The number of likely N-dealkylation sites (tertiary alicyclic amines) is 1. The average Bonchev–Trinajstić information content (AvgIpc) is 3.48. The van der Waals surface area contributed by atoms with Crippen molar-refractivity contribution in [1.82, 2.24) is 19.2 Å². The van der Waals surface area contributed by atoms with Gasteiger partial charge in [-0.3, -0.25) is 19.3 Å². The first-order chi connectivity index (χ1) is 17.5. The summed E-state index contributed by atoms with van der Waals surface area (Å²) in [6.45, 7) is 4.48. The molecule has 0 bridgehead atoms. The number of hydrogen-bond acceptors (Lipinski definition) is 5. The summed E-state index contributed by atoms with van der Waals surface area (Å²) in [6, 6.07) is 10.2. The summed E-state index contributed by atoms with van der Waals surface area (Å²) in [5.41, 5.74) is 3.02. The molecule has 1 fully saturated rings. The van der Waals surface area contributed by atoms with Crippen molar-refractivity contribution in [1.29, 1.82) is 0 Å². The standard InChI is InChI=1S/C27H33N5O4/c1-3-36-27(35)19-8-6-13-30(17-19)25(33)11-12-26(34)31-14-7-15-32-24(31)16-22(28-32)21-18-29(2)23-10-5-4-9-20(21)23/h4-5,9-10,16,18-19H,3,6-8,11-15,17H2,1-2H3. The fourth-order valence-corrected chi connectivity index (χ4v) is 5.37. The second kappa shape index (κ2) is 10.2. The van der Waals surface area contributed by atoms with Crippen molar-refractivity contribution < 1.29 is 19.1 Å². The van der Waals surface area contributed by atoms with Crippen LogP contribution in [0.15, 0.2) is 36.5 Å². The number of esters is 1. The van der Waals surface area contributed by atoms with Crippen molar-refractivity contribution in [3.63, 3.8) is 0 Å². The molecule has 0 aliphatic carbocycles. The van der Waals surface area contributed by atoms with Crippen molar-refractivity contribution >= 4 is 34.5 Å². The van der Waals surface area contributed by atoms with Crippen LogP contribution in [-0.2, 0) is 32.7 Å². The number of benzene rings is 1. The second-order valence-electron chi connectivity index (χ2n) is 9.61. The first-order valence-electron chi connectivity index (χ1n) is 12.8. The third-order valence-corrected chi connectivity index (χ3v) is 7.21. The third kappa shape index (κ3) is 4.62. The summed E-state index contributed by atoms with van der Waals surface area (Å²) >= 11 is 0. The Morgan fingerprint density at radius 1 is 1.06 bits per heavy atom. The number of anilines is 1. The second-order valence-corrected chi connectivity index (χ2v) is 9.61. The average molecular weight is 492 g/mol. The number of fused-ring (bicyclic) bond motifs is 2. The summed E-state index contributed by atoms with van der Waals surface area (Å²) in [6.07, 6.45) is 4.66. The predicted octanol–water partition coefficient (Wildman–Crippen LogP) is 3.36. The number of amides is 2. The molecule has 2 aliphatic rings. The van der Waals surface area contributed by atoms with Gasteiger partial charge in [-0.15, -0.1) is 0 Å². The smallest absolute Gasteiger partial charge is 0.310 e. The van der Waals surface area contributed by atoms with Gasteiger partial charge >= 0.3 is 5.97 Å². The minimum Gasteiger partial charge on any atom is -0.466 e. The lowest BCUT2D eigenvalue weighted by Gasteiger charge is -2.32. The van der Waals surface area contributed by atoms with Crippen LogP contribution in [0, 0.1) is 5.92 Å². The van der Waals surface area contributed by atoms with Gasteiger partial charge < -0.3 is 14.2 Å². The lowest BCUT2D eigenvalue weighted by molar-refractivity contribution is -0.151. The minimum atomic E-state index is -0.276. The van der Waals surface area contributed by atoms with Crippen molar-refractivity contribution in [2.24, 2.45) is 13.0 Å². The molecule has 9 heteroatoms. The van der Waals surface area contributed by atoms with E-state index in [1.165, 1.54) is 0 Å². The van der Waals surface area contributed by atoms with Crippen molar-refractivity contribution in [2.45, 2.75) is 45.6 Å². The molecule has 0 radical (unpaired) electrons. The van der Waals surface area contributed by atoms with E-state index < -0.39 is 0 Å². The molecule has 0 spiro atoms. The number of nitrogens with zero attached hydrogens (tertiary/aromatic N) is 5. The van der Waals surface area contributed by atoms with Gasteiger partial charge in [-0.2, -0.15) is 5.10 Å². The van der Waals surface area contributed by atoms with Crippen LogP contribution in [0.4, 0.5) is 5.82 Å². The Hall–Kier alpha value is -3.62. The van der Waals surface area contributed by atoms with Crippen molar-refractivity contribution in [3.05, 3.63) is 36.5 Å².